The van der Waals surface area contributed by atoms with Gasteiger partial charge in [0.2, 0.25) is 0 Å². The molecule has 34 heavy (non-hydrogen) atoms. The van der Waals surface area contributed by atoms with E-state index in [1.165, 1.54) is 11.1 Å². The average Bonchev–Trinajstić information content (AvgIpc) is 3.19. The van der Waals surface area contributed by atoms with Crippen LogP contribution in [0.4, 0.5) is 0 Å². The van der Waals surface area contributed by atoms with Gasteiger partial charge in [-0.05, 0) is 90.3 Å². The minimum Gasteiger partial charge on any atom is -0.508 e. The van der Waals surface area contributed by atoms with E-state index >= 15 is 0 Å². The number of fused-ring (bicyclic) bond motifs is 2. The van der Waals surface area contributed by atoms with Crippen molar-refractivity contribution in [3.8, 4) is 28.6 Å². The van der Waals surface area contributed by atoms with E-state index in [0.717, 1.165) is 52.2 Å². The van der Waals surface area contributed by atoms with Gasteiger partial charge in [-0.1, -0.05) is 23.3 Å². The van der Waals surface area contributed by atoms with Gasteiger partial charge in [0.25, 0.3) is 0 Å². The molecule has 1 N–H and O–H groups in total. The third kappa shape index (κ3) is 4.91. The molecule has 178 valence electrons. The Kier molecular flexibility index (Phi) is 6.60. The molecule has 3 aromatic rings. The van der Waals surface area contributed by atoms with Crippen molar-refractivity contribution in [2.45, 2.75) is 59.5 Å². The minimum absolute atomic E-state index is 0.182. The molecular formula is C30H34O4. The van der Waals surface area contributed by atoms with Crippen LogP contribution in [0, 0.1) is 0 Å². The number of ether oxygens (including phenoxy) is 2. The highest BCUT2D eigenvalue weighted by atomic mass is 16.5. The molecule has 1 atom stereocenters. The number of methoxy groups -OCH3 is 1. The fraction of sp³-hybridized carbons (Fsp3) is 0.333. The van der Waals surface area contributed by atoms with Gasteiger partial charge in [0.15, 0.2) is 0 Å². The molecule has 0 amide bonds. The summed E-state index contributed by atoms with van der Waals surface area (Å²) < 4.78 is 18.7. The zero-order chi connectivity index (χ0) is 24.5. The smallest absolute Gasteiger partial charge is 0.138 e. The Bertz CT molecular complexity index is 1300. The highest BCUT2D eigenvalue weighted by molar-refractivity contribution is 5.86. The lowest BCUT2D eigenvalue weighted by molar-refractivity contribution is 0.127. The molecule has 4 nitrogen and oxygen atoms in total. The second kappa shape index (κ2) is 9.46. The SMILES string of the molecule is COc1cc(-c2cc3ccc(O)cc3o2)c(CC=C(C)C)c2c1C=CC(C)(CCC=C(C)C)O2. The highest BCUT2D eigenvalue weighted by Gasteiger charge is 2.31. The van der Waals surface area contributed by atoms with Gasteiger partial charge in [0.1, 0.15) is 34.2 Å². The number of hydrogen-bond donors (Lipinski definition) is 1. The molecule has 0 spiro atoms. The number of phenolic OH excluding ortho intramolecular Hbond substituents is 1. The van der Waals surface area contributed by atoms with Crippen molar-refractivity contribution in [2.24, 2.45) is 0 Å². The van der Waals surface area contributed by atoms with Crippen LogP contribution in [-0.2, 0) is 6.42 Å². The molecule has 1 unspecified atom stereocenters. The fourth-order valence-electron chi connectivity index (χ4n) is 4.33. The number of aromatic hydroxyl groups is 1. The molecule has 4 rings (SSSR count). The van der Waals surface area contributed by atoms with Crippen molar-refractivity contribution >= 4 is 17.0 Å². The predicted molar refractivity (Wildman–Crippen MR) is 140 cm³/mol. The van der Waals surface area contributed by atoms with Crippen molar-refractivity contribution in [2.75, 3.05) is 7.11 Å². The molecule has 2 heterocycles. The van der Waals surface area contributed by atoms with Gasteiger partial charge in [0.05, 0.1) is 12.7 Å². The summed E-state index contributed by atoms with van der Waals surface area (Å²) in [7, 11) is 1.68. The number of hydrogen-bond acceptors (Lipinski definition) is 4. The Morgan fingerprint density at radius 2 is 1.82 bits per heavy atom. The zero-order valence-electron chi connectivity index (χ0n) is 21.0. The van der Waals surface area contributed by atoms with Crippen LogP contribution >= 0.6 is 0 Å². The lowest BCUT2D eigenvalue weighted by Crippen LogP contribution is -2.32. The van der Waals surface area contributed by atoms with Gasteiger partial charge in [-0.15, -0.1) is 0 Å². The van der Waals surface area contributed by atoms with Gasteiger partial charge < -0.3 is 19.0 Å². The van der Waals surface area contributed by atoms with Crippen molar-refractivity contribution in [3.05, 3.63) is 70.8 Å². The van der Waals surface area contributed by atoms with E-state index in [1.54, 1.807) is 19.2 Å². The third-order valence-electron chi connectivity index (χ3n) is 6.22. The van der Waals surface area contributed by atoms with Crippen molar-refractivity contribution in [1.29, 1.82) is 0 Å². The van der Waals surface area contributed by atoms with E-state index in [1.807, 2.05) is 18.2 Å². The molecule has 0 aliphatic carbocycles. The molecule has 0 saturated carbocycles. The molecule has 0 saturated heterocycles. The summed E-state index contributed by atoms with van der Waals surface area (Å²) >= 11 is 0. The molecular weight excluding hydrogens is 424 g/mol. The topological polar surface area (TPSA) is 51.8 Å². The minimum atomic E-state index is -0.415. The average molecular weight is 459 g/mol. The monoisotopic (exact) mass is 458 g/mol. The third-order valence-corrected chi connectivity index (χ3v) is 6.22. The van der Waals surface area contributed by atoms with E-state index < -0.39 is 5.60 Å². The lowest BCUT2D eigenvalue weighted by atomic mass is 9.90. The lowest BCUT2D eigenvalue weighted by Gasteiger charge is -2.34. The maximum Gasteiger partial charge on any atom is 0.138 e. The number of benzene rings is 2. The first-order chi connectivity index (χ1) is 16.2. The van der Waals surface area contributed by atoms with Crippen molar-refractivity contribution in [3.63, 3.8) is 0 Å². The molecule has 2 aromatic carbocycles. The van der Waals surface area contributed by atoms with Gasteiger partial charge in [-0.3, -0.25) is 0 Å². The van der Waals surface area contributed by atoms with E-state index in [2.05, 4.69) is 58.9 Å². The summed E-state index contributed by atoms with van der Waals surface area (Å²) in [5, 5.41) is 10.8. The van der Waals surface area contributed by atoms with E-state index in [0.29, 0.717) is 12.0 Å². The Balaban J connectivity index is 1.87. The first-order valence-electron chi connectivity index (χ1n) is 11.8. The second-order valence-corrected chi connectivity index (χ2v) is 9.73. The number of rotatable bonds is 7. The Hall–Kier alpha value is -3.40. The first-order valence-corrected chi connectivity index (χ1v) is 11.8. The summed E-state index contributed by atoms with van der Waals surface area (Å²) in [6.07, 6.45) is 11.3. The molecule has 1 aliphatic heterocycles. The van der Waals surface area contributed by atoms with Gasteiger partial charge >= 0.3 is 0 Å². The first kappa shape index (κ1) is 23.7. The molecule has 4 heteroatoms. The van der Waals surface area contributed by atoms with Gasteiger partial charge in [-0.2, -0.15) is 0 Å². The molecule has 1 aliphatic rings. The van der Waals surface area contributed by atoms with Crippen LogP contribution in [0.1, 0.15) is 58.6 Å². The second-order valence-electron chi connectivity index (χ2n) is 9.73. The Morgan fingerprint density at radius 3 is 2.53 bits per heavy atom. The van der Waals surface area contributed by atoms with Crippen LogP contribution in [-0.4, -0.2) is 17.8 Å². The Labute approximate surface area is 202 Å². The summed E-state index contributed by atoms with van der Waals surface area (Å²) in [5.41, 5.74) is 5.74. The van der Waals surface area contributed by atoms with Crippen LogP contribution < -0.4 is 9.47 Å². The molecule has 0 bridgehead atoms. The van der Waals surface area contributed by atoms with Crippen LogP contribution in [0.25, 0.3) is 28.4 Å². The number of phenols is 1. The molecule has 1 aromatic heterocycles. The van der Waals surface area contributed by atoms with Crippen LogP contribution in [0.5, 0.6) is 17.2 Å². The summed E-state index contributed by atoms with van der Waals surface area (Å²) in [4.78, 5) is 0. The number of furan rings is 1. The largest absolute Gasteiger partial charge is 0.508 e. The van der Waals surface area contributed by atoms with E-state index in [9.17, 15) is 5.11 Å². The maximum absolute atomic E-state index is 9.89. The summed E-state index contributed by atoms with van der Waals surface area (Å²) in [6, 6.07) is 9.22. The predicted octanol–water partition coefficient (Wildman–Crippen LogP) is 8.23. The fourth-order valence-corrected chi connectivity index (χ4v) is 4.33. The van der Waals surface area contributed by atoms with Crippen LogP contribution in [0.3, 0.4) is 0 Å². The van der Waals surface area contributed by atoms with Gasteiger partial charge in [0, 0.05) is 22.6 Å². The maximum atomic E-state index is 9.89. The van der Waals surface area contributed by atoms with Crippen molar-refractivity contribution in [1.82, 2.24) is 0 Å². The van der Waals surface area contributed by atoms with Gasteiger partial charge in [-0.25, -0.2) is 0 Å². The quantitative estimate of drug-likeness (QED) is 0.362. The van der Waals surface area contributed by atoms with Crippen LogP contribution in [0.2, 0.25) is 0 Å². The van der Waals surface area contributed by atoms with E-state index in [4.69, 9.17) is 13.9 Å². The normalized spacial score (nSPS) is 16.6. The van der Waals surface area contributed by atoms with E-state index in [-0.39, 0.29) is 5.75 Å². The Morgan fingerprint density at radius 1 is 1.06 bits per heavy atom. The standard InChI is InChI=1S/C30H34O4/c1-19(2)8-7-14-30(5)15-13-24-27(32-6)18-25(23(29(24)34-30)12-9-20(3)4)28-16-21-10-11-22(31)17-26(21)33-28/h8-11,13,15-18,31H,7,12,14H2,1-6H3. The zero-order valence-corrected chi connectivity index (χ0v) is 21.0. The highest BCUT2D eigenvalue weighted by Crippen LogP contribution is 2.46. The molecule has 0 radical (unpaired) electrons. The summed E-state index contributed by atoms with van der Waals surface area (Å²) in [5.74, 6) is 2.50. The summed E-state index contributed by atoms with van der Waals surface area (Å²) in [6.45, 7) is 10.6. The van der Waals surface area contributed by atoms with Crippen LogP contribution in [0.15, 0.2) is 64.1 Å². The molecule has 0 fully saturated rings. The van der Waals surface area contributed by atoms with Crippen molar-refractivity contribution < 1.29 is 19.0 Å². The number of allylic oxidation sites excluding steroid dienone is 4.